The van der Waals surface area contributed by atoms with Gasteiger partial charge in [0.05, 0.1) is 28.1 Å². The van der Waals surface area contributed by atoms with Gasteiger partial charge in [-0.25, -0.2) is 0 Å². The molecular formula is C11H19BrN2O2. The van der Waals surface area contributed by atoms with E-state index >= 15 is 0 Å². The van der Waals surface area contributed by atoms with Crippen molar-refractivity contribution in [2.45, 2.75) is 38.9 Å². The third kappa shape index (κ3) is 2.84. The summed E-state index contributed by atoms with van der Waals surface area (Å²) >= 11 is 3.53. The molecule has 0 aliphatic rings. The maximum atomic E-state index is 9.92. The van der Waals surface area contributed by atoms with Crippen LogP contribution in [0.1, 0.15) is 25.2 Å². The van der Waals surface area contributed by atoms with Crippen molar-refractivity contribution in [2.75, 3.05) is 7.11 Å². The molecule has 0 aromatic carbocycles. The first-order valence-corrected chi connectivity index (χ1v) is 6.21. The second-order valence-corrected chi connectivity index (χ2v) is 4.69. The predicted molar refractivity (Wildman–Crippen MR) is 66.5 cm³/mol. The van der Waals surface area contributed by atoms with Gasteiger partial charge in [-0.2, -0.15) is 5.10 Å². The number of hydrogen-bond donors (Lipinski definition) is 1. The van der Waals surface area contributed by atoms with E-state index in [1.807, 2.05) is 18.7 Å². The van der Waals surface area contributed by atoms with Crippen LogP contribution >= 0.6 is 15.9 Å². The van der Waals surface area contributed by atoms with Gasteiger partial charge in [0.1, 0.15) is 0 Å². The molecule has 0 saturated carbocycles. The Morgan fingerprint density at radius 2 is 2.19 bits per heavy atom. The maximum absolute atomic E-state index is 9.92. The van der Waals surface area contributed by atoms with E-state index in [9.17, 15) is 5.11 Å². The molecule has 4 nitrogen and oxygen atoms in total. The van der Waals surface area contributed by atoms with Crippen LogP contribution in [0.2, 0.25) is 0 Å². The average molecular weight is 291 g/mol. The van der Waals surface area contributed by atoms with Gasteiger partial charge in [0.25, 0.3) is 0 Å². The molecule has 0 spiro atoms. The first-order valence-electron chi connectivity index (χ1n) is 5.42. The molecule has 2 atom stereocenters. The van der Waals surface area contributed by atoms with E-state index in [1.54, 1.807) is 7.11 Å². The van der Waals surface area contributed by atoms with E-state index in [1.165, 1.54) is 0 Å². The van der Waals surface area contributed by atoms with Gasteiger partial charge in [-0.1, -0.05) is 6.92 Å². The Bertz CT molecular complexity index is 352. The number of halogens is 1. The molecule has 0 bridgehead atoms. The third-order valence-electron chi connectivity index (χ3n) is 2.82. The number of methoxy groups -OCH3 is 1. The van der Waals surface area contributed by atoms with E-state index in [0.29, 0.717) is 6.42 Å². The van der Waals surface area contributed by atoms with Crippen molar-refractivity contribution in [3.63, 3.8) is 0 Å². The fourth-order valence-corrected chi connectivity index (χ4v) is 2.34. The molecule has 1 N–H and O–H groups in total. The van der Waals surface area contributed by atoms with Gasteiger partial charge in [0.15, 0.2) is 0 Å². The molecule has 2 unspecified atom stereocenters. The lowest BCUT2D eigenvalue weighted by Crippen LogP contribution is -2.27. The highest BCUT2D eigenvalue weighted by Crippen LogP contribution is 2.23. The van der Waals surface area contributed by atoms with Crippen LogP contribution in [0.5, 0.6) is 0 Å². The summed E-state index contributed by atoms with van der Waals surface area (Å²) in [5.74, 6) is 0. The van der Waals surface area contributed by atoms with Crippen LogP contribution in [0.4, 0.5) is 0 Å². The Balaban J connectivity index is 2.84. The third-order valence-corrected chi connectivity index (χ3v) is 3.73. The second kappa shape index (κ2) is 5.80. The molecular weight excluding hydrogens is 272 g/mol. The standard InChI is InChI=1S/C11H19BrN2O2/c1-5-8-11(12)9(14(3)13-8)6-10(15)7(2)16-4/h7,10,15H,5-6H2,1-4H3. The molecule has 1 heterocycles. The number of aliphatic hydroxyl groups is 1. The number of aryl methyl sites for hydroxylation is 2. The average Bonchev–Trinajstić information content (AvgIpc) is 2.55. The highest BCUT2D eigenvalue weighted by atomic mass is 79.9. The predicted octanol–water partition coefficient (Wildman–Crippen LogP) is 1.68. The minimum absolute atomic E-state index is 0.174. The summed E-state index contributed by atoms with van der Waals surface area (Å²) in [6.45, 7) is 3.92. The van der Waals surface area contributed by atoms with Gasteiger partial charge in [-0.3, -0.25) is 4.68 Å². The molecule has 1 aromatic heterocycles. The maximum Gasteiger partial charge on any atom is 0.0854 e. The highest BCUT2D eigenvalue weighted by Gasteiger charge is 2.19. The molecule has 92 valence electrons. The molecule has 5 heteroatoms. The molecule has 0 aliphatic heterocycles. The quantitative estimate of drug-likeness (QED) is 0.898. The van der Waals surface area contributed by atoms with Crippen LogP contribution in [0, 0.1) is 0 Å². The summed E-state index contributed by atoms with van der Waals surface area (Å²) in [5.41, 5.74) is 2.03. The SMILES string of the molecule is CCc1nn(C)c(CC(O)C(C)OC)c1Br. The first-order chi connectivity index (χ1) is 7.51. The summed E-state index contributed by atoms with van der Waals surface area (Å²) in [6.07, 6.45) is 0.733. The van der Waals surface area contributed by atoms with Gasteiger partial charge in [-0.15, -0.1) is 0 Å². The van der Waals surface area contributed by atoms with E-state index < -0.39 is 6.10 Å². The van der Waals surface area contributed by atoms with Crippen LogP contribution in [0.15, 0.2) is 4.47 Å². The summed E-state index contributed by atoms with van der Waals surface area (Å²) in [6, 6.07) is 0. The van der Waals surface area contributed by atoms with Gasteiger partial charge in [0, 0.05) is 20.6 Å². The van der Waals surface area contributed by atoms with Crippen LogP contribution in [-0.2, 0) is 24.6 Å². The fourth-order valence-electron chi connectivity index (χ4n) is 1.56. The normalized spacial score (nSPS) is 15.1. The Hall–Kier alpha value is -0.390. The monoisotopic (exact) mass is 290 g/mol. The van der Waals surface area contributed by atoms with Gasteiger partial charge in [-0.05, 0) is 29.3 Å². The molecule has 1 rings (SSSR count). The Kier molecular flexibility index (Phi) is 4.95. The minimum Gasteiger partial charge on any atom is -0.390 e. The summed E-state index contributed by atoms with van der Waals surface area (Å²) in [5, 5.41) is 14.3. The topological polar surface area (TPSA) is 47.3 Å². The zero-order valence-electron chi connectivity index (χ0n) is 10.2. The summed E-state index contributed by atoms with van der Waals surface area (Å²) < 4.78 is 7.92. The summed E-state index contributed by atoms with van der Waals surface area (Å²) in [7, 11) is 3.49. The van der Waals surface area contributed by atoms with Gasteiger partial charge >= 0.3 is 0 Å². The fraction of sp³-hybridized carbons (Fsp3) is 0.727. The first kappa shape index (κ1) is 13.7. The number of aromatic nitrogens is 2. The van der Waals surface area contributed by atoms with E-state index in [0.717, 1.165) is 22.3 Å². The Labute approximate surface area is 105 Å². The van der Waals surface area contributed by atoms with Crippen LogP contribution in [0.3, 0.4) is 0 Å². The molecule has 0 aliphatic carbocycles. The van der Waals surface area contributed by atoms with E-state index in [2.05, 4.69) is 28.0 Å². The molecule has 0 saturated heterocycles. The molecule has 16 heavy (non-hydrogen) atoms. The van der Waals surface area contributed by atoms with Gasteiger partial charge < -0.3 is 9.84 Å². The molecule has 0 radical (unpaired) electrons. The zero-order valence-corrected chi connectivity index (χ0v) is 11.8. The van der Waals surface area contributed by atoms with Crippen molar-refractivity contribution in [1.29, 1.82) is 0 Å². The van der Waals surface area contributed by atoms with Gasteiger partial charge in [0.2, 0.25) is 0 Å². The second-order valence-electron chi connectivity index (χ2n) is 3.90. The molecule has 0 fully saturated rings. The minimum atomic E-state index is -0.513. The number of rotatable bonds is 5. The number of ether oxygens (including phenoxy) is 1. The van der Waals surface area contributed by atoms with Crippen molar-refractivity contribution >= 4 is 15.9 Å². The Morgan fingerprint density at radius 1 is 1.56 bits per heavy atom. The molecule has 1 aromatic rings. The van der Waals surface area contributed by atoms with Crippen LogP contribution in [-0.4, -0.2) is 34.2 Å². The lowest BCUT2D eigenvalue weighted by atomic mass is 10.1. The van der Waals surface area contributed by atoms with Crippen molar-refractivity contribution in [3.8, 4) is 0 Å². The van der Waals surface area contributed by atoms with Crippen molar-refractivity contribution in [3.05, 3.63) is 15.9 Å². The van der Waals surface area contributed by atoms with Crippen LogP contribution < -0.4 is 0 Å². The lowest BCUT2D eigenvalue weighted by Gasteiger charge is -2.17. The molecule has 0 amide bonds. The summed E-state index contributed by atoms with van der Waals surface area (Å²) in [4.78, 5) is 0. The zero-order chi connectivity index (χ0) is 12.3. The van der Waals surface area contributed by atoms with Crippen molar-refractivity contribution in [2.24, 2.45) is 7.05 Å². The number of nitrogens with zero attached hydrogens (tertiary/aromatic N) is 2. The van der Waals surface area contributed by atoms with E-state index in [4.69, 9.17) is 4.74 Å². The lowest BCUT2D eigenvalue weighted by molar-refractivity contribution is -0.000512. The van der Waals surface area contributed by atoms with Crippen LogP contribution in [0.25, 0.3) is 0 Å². The smallest absolute Gasteiger partial charge is 0.0854 e. The van der Waals surface area contributed by atoms with E-state index in [-0.39, 0.29) is 6.10 Å². The highest BCUT2D eigenvalue weighted by molar-refractivity contribution is 9.10. The Morgan fingerprint density at radius 3 is 2.62 bits per heavy atom. The van der Waals surface area contributed by atoms with Crippen molar-refractivity contribution < 1.29 is 9.84 Å². The number of aliphatic hydroxyl groups excluding tert-OH is 1. The largest absolute Gasteiger partial charge is 0.390 e. The van der Waals surface area contributed by atoms with Crippen molar-refractivity contribution in [1.82, 2.24) is 9.78 Å². The number of hydrogen-bond acceptors (Lipinski definition) is 3.